The van der Waals surface area contributed by atoms with Gasteiger partial charge in [-0.3, -0.25) is 0 Å². The molecule has 0 fully saturated rings. The summed E-state index contributed by atoms with van der Waals surface area (Å²) in [6, 6.07) is 0. The first-order valence-electron chi connectivity index (χ1n) is 6.92. The van der Waals surface area contributed by atoms with E-state index in [4.69, 9.17) is 0 Å². The van der Waals surface area contributed by atoms with Crippen LogP contribution in [0.4, 0.5) is 0 Å². The van der Waals surface area contributed by atoms with Crippen LogP contribution in [0.2, 0.25) is 0 Å². The van der Waals surface area contributed by atoms with Gasteiger partial charge < -0.3 is 15.5 Å². The highest BCUT2D eigenvalue weighted by molar-refractivity contribution is 4.57. The van der Waals surface area contributed by atoms with E-state index in [1.165, 1.54) is 51.9 Å². The van der Waals surface area contributed by atoms with Gasteiger partial charge in [0, 0.05) is 2.85 Å². The molecule has 0 rings (SSSR count). The van der Waals surface area contributed by atoms with E-state index < -0.39 is 0 Å². The van der Waals surface area contributed by atoms with Crippen LogP contribution in [0.25, 0.3) is 0 Å². The number of unbranched alkanes of at least 4 members (excludes halogenated alkanes) is 2. The predicted molar refractivity (Wildman–Crippen MR) is 77.3 cm³/mol. The molecule has 0 unspecified atom stereocenters. The maximum absolute atomic E-state index is 3.37. The van der Waals surface area contributed by atoms with Crippen molar-refractivity contribution in [1.29, 1.82) is 0 Å². The summed E-state index contributed by atoms with van der Waals surface area (Å²) in [5.41, 5.74) is 0. The van der Waals surface area contributed by atoms with Crippen LogP contribution < -0.4 is 10.6 Å². The fourth-order valence-electron chi connectivity index (χ4n) is 1.83. The van der Waals surface area contributed by atoms with Gasteiger partial charge in [0.15, 0.2) is 0 Å². The van der Waals surface area contributed by atoms with E-state index in [9.17, 15) is 0 Å². The maximum atomic E-state index is 3.37. The highest BCUT2D eigenvalue weighted by Gasteiger charge is 2.00. The van der Waals surface area contributed by atoms with Crippen LogP contribution in [0.5, 0.6) is 0 Å². The summed E-state index contributed by atoms with van der Waals surface area (Å²) in [6.45, 7) is 11.6. The molecular weight excluding hydrogens is 198 g/mol. The predicted octanol–water partition coefficient (Wildman–Crippen LogP) is 2.19. The Morgan fingerprint density at radius 2 is 1.56 bits per heavy atom. The lowest BCUT2D eigenvalue weighted by molar-refractivity contribution is 0.275. The number of hydrogen-bond acceptors (Lipinski definition) is 3. The molecule has 0 aliphatic rings. The average molecular weight is 233 g/mol. The van der Waals surface area contributed by atoms with Gasteiger partial charge in [-0.2, -0.15) is 0 Å². The van der Waals surface area contributed by atoms with E-state index in [1.807, 2.05) is 7.05 Å². The molecule has 0 saturated heterocycles. The first-order chi connectivity index (χ1) is 7.85. The quantitative estimate of drug-likeness (QED) is 0.506. The van der Waals surface area contributed by atoms with Crippen molar-refractivity contribution in [2.24, 2.45) is 0 Å². The second kappa shape index (κ2) is 12.9. The minimum Gasteiger partial charge on any atom is -0.320 e. The van der Waals surface area contributed by atoms with Crippen molar-refractivity contribution in [3.8, 4) is 0 Å². The fourth-order valence-corrected chi connectivity index (χ4v) is 1.83. The Hall–Kier alpha value is -0.120. The van der Waals surface area contributed by atoms with E-state index in [1.54, 1.807) is 0 Å². The third-order valence-corrected chi connectivity index (χ3v) is 2.93. The van der Waals surface area contributed by atoms with Crippen molar-refractivity contribution in [3.63, 3.8) is 0 Å². The SMILES string of the molecule is CCNCCCCN(CC)CCCCNC.[HH].[HH]. The average Bonchev–Trinajstić information content (AvgIpc) is 2.31. The number of nitrogens with zero attached hydrogens (tertiary/aromatic N) is 1. The standard InChI is InChI=1S/C13H31N3.2H2/c1-4-15-11-7-9-13-16(5-2)12-8-6-10-14-3;;/h14-15H,4-13H2,1-3H3;2*1H. The molecule has 0 aromatic carbocycles. The van der Waals surface area contributed by atoms with Crippen LogP contribution in [0, 0.1) is 0 Å². The molecule has 0 radical (unpaired) electrons. The third-order valence-electron chi connectivity index (χ3n) is 2.93. The number of nitrogens with one attached hydrogen (secondary N) is 2. The van der Waals surface area contributed by atoms with Crippen molar-refractivity contribution in [2.75, 3.05) is 46.3 Å². The van der Waals surface area contributed by atoms with E-state index in [0.29, 0.717) is 0 Å². The van der Waals surface area contributed by atoms with Gasteiger partial charge in [0.25, 0.3) is 0 Å². The Balaban J connectivity index is -0.00000112. The zero-order chi connectivity index (χ0) is 12.1. The van der Waals surface area contributed by atoms with E-state index in [-0.39, 0.29) is 2.85 Å². The molecule has 0 amide bonds. The normalized spacial score (nSPS) is 11.2. The van der Waals surface area contributed by atoms with Crippen LogP contribution in [-0.4, -0.2) is 51.2 Å². The van der Waals surface area contributed by atoms with Gasteiger partial charge in [0.05, 0.1) is 0 Å². The van der Waals surface area contributed by atoms with E-state index in [0.717, 1.165) is 13.1 Å². The van der Waals surface area contributed by atoms with Gasteiger partial charge in [-0.25, -0.2) is 0 Å². The summed E-state index contributed by atoms with van der Waals surface area (Å²) in [6.07, 6.45) is 5.25. The van der Waals surface area contributed by atoms with Gasteiger partial charge in [-0.15, -0.1) is 0 Å². The highest BCUT2D eigenvalue weighted by Crippen LogP contribution is 1.98. The maximum Gasteiger partial charge on any atom is 0 e. The Morgan fingerprint density at radius 3 is 2.06 bits per heavy atom. The van der Waals surface area contributed by atoms with Gasteiger partial charge in [0.1, 0.15) is 0 Å². The largest absolute Gasteiger partial charge is 0.320 e. The van der Waals surface area contributed by atoms with Crippen LogP contribution in [-0.2, 0) is 0 Å². The summed E-state index contributed by atoms with van der Waals surface area (Å²) in [4.78, 5) is 2.57. The molecule has 0 aliphatic carbocycles. The van der Waals surface area contributed by atoms with E-state index >= 15 is 0 Å². The van der Waals surface area contributed by atoms with Crippen molar-refractivity contribution in [3.05, 3.63) is 0 Å². The molecule has 3 nitrogen and oxygen atoms in total. The number of hydrogen-bond donors (Lipinski definition) is 2. The number of rotatable bonds is 12. The van der Waals surface area contributed by atoms with Crippen molar-refractivity contribution >= 4 is 0 Å². The second-order valence-electron chi connectivity index (χ2n) is 4.31. The fraction of sp³-hybridized carbons (Fsp3) is 1.00. The first kappa shape index (κ1) is 15.9. The van der Waals surface area contributed by atoms with Crippen molar-refractivity contribution in [1.82, 2.24) is 15.5 Å². The second-order valence-corrected chi connectivity index (χ2v) is 4.31. The van der Waals surface area contributed by atoms with Gasteiger partial charge in [-0.05, 0) is 72.0 Å². The first-order valence-corrected chi connectivity index (χ1v) is 6.92. The molecule has 0 aromatic heterocycles. The van der Waals surface area contributed by atoms with Crippen LogP contribution in [0.1, 0.15) is 42.4 Å². The molecule has 102 valence electrons. The molecule has 0 atom stereocenters. The van der Waals surface area contributed by atoms with E-state index in [2.05, 4.69) is 29.4 Å². The smallest absolute Gasteiger partial charge is 0 e. The third kappa shape index (κ3) is 10.4. The lowest BCUT2D eigenvalue weighted by atomic mass is 10.2. The summed E-state index contributed by atoms with van der Waals surface area (Å²) in [5.74, 6) is 0. The van der Waals surface area contributed by atoms with Crippen molar-refractivity contribution in [2.45, 2.75) is 39.5 Å². The van der Waals surface area contributed by atoms with Crippen LogP contribution >= 0.6 is 0 Å². The zero-order valence-electron chi connectivity index (χ0n) is 11.5. The molecule has 0 aromatic rings. The molecule has 0 saturated carbocycles. The van der Waals surface area contributed by atoms with Gasteiger partial charge in [0.2, 0.25) is 0 Å². The Labute approximate surface area is 105 Å². The monoisotopic (exact) mass is 233 g/mol. The summed E-state index contributed by atoms with van der Waals surface area (Å²) >= 11 is 0. The minimum atomic E-state index is 0. The highest BCUT2D eigenvalue weighted by atomic mass is 15.1. The van der Waals surface area contributed by atoms with Gasteiger partial charge in [-0.1, -0.05) is 13.8 Å². The van der Waals surface area contributed by atoms with Gasteiger partial charge >= 0.3 is 0 Å². The minimum absolute atomic E-state index is 0. The molecule has 0 spiro atoms. The lowest BCUT2D eigenvalue weighted by Crippen LogP contribution is -2.27. The Morgan fingerprint density at radius 1 is 0.938 bits per heavy atom. The lowest BCUT2D eigenvalue weighted by Gasteiger charge is -2.20. The van der Waals surface area contributed by atoms with Crippen LogP contribution in [0.15, 0.2) is 0 Å². The summed E-state index contributed by atoms with van der Waals surface area (Å²) < 4.78 is 0. The summed E-state index contributed by atoms with van der Waals surface area (Å²) in [5, 5.41) is 6.57. The summed E-state index contributed by atoms with van der Waals surface area (Å²) in [7, 11) is 2.03. The molecule has 0 bridgehead atoms. The molecule has 16 heavy (non-hydrogen) atoms. The molecule has 2 N–H and O–H groups in total. The van der Waals surface area contributed by atoms with Crippen molar-refractivity contribution < 1.29 is 2.85 Å². The van der Waals surface area contributed by atoms with Crippen LogP contribution in [0.3, 0.4) is 0 Å². The topological polar surface area (TPSA) is 27.3 Å². The Bertz CT molecular complexity index is 137. The molecule has 3 heteroatoms. The Kier molecular flexibility index (Phi) is 12.9. The zero-order valence-corrected chi connectivity index (χ0v) is 11.5. The molecular formula is C13H35N3. The molecule has 0 heterocycles. The molecule has 0 aliphatic heterocycles.